The van der Waals surface area contributed by atoms with E-state index in [-0.39, 0.29) is 12.2 Å². The molecule has 1 rings (SSSR count). The SMILES string of the molecule is Cn1c([N+](=O)[O-])cnc1C/C=N\NC(N)=O. The summed E-state index contributed by atoms with van der Waals surface area (Å²) in [5, 5.41) is 14.0. The summed E-state index contributed by atoms with van der Waals surface area (Å²) in [6, 6.07) is -0.776. The first-order valence-electron chi connectivity index (χ1n) is 4.24. The van der Waals surface area contributed by atoms with Crippen molar-refractivity contribution in [2.24, 2.45) is 17.9 Å². The lowest BCUT2D eigenvalue weighted by molar-refractivity contribution is -0.391. The number of hydrazone groups is 1. The Bertz CT molecular complexity index is 437. The molecule has 86 valence electrons. The van der Waals surface area contributed by atoms with Crippen molar-refractivity contribution in [2.45, 2.75) is 6.42 Å². The first-order chi connectivity index (χ1) is 7.52. The van der Waals surface area contributed by atoms with E-state index in [0.29, 0.717) is 5.82 Å². The van der Waals surface area contributed by atoms with Gasteiger partial charge < -0.3 is 15.8 Å². The number of primary amides is 1. The van der Waals surface area contributed by atoms with Crippen LogP contribution in [0, 0.1) is 10.1 Å². The standard InChI is InChI=1S/C7H10N6O3/c1-12-5(2-3-10-11-7(8)14)9-4-6(12)13(15)16/h3-4H,2H2,1H3,(H3,8,11,14)/b10-3-. The van der Waals surface area contributed by atoms with Crippen LogP contribution in [-0.4, -0.2) is 26.7 Å². The molecule has 0 bridgehead atoms. The van der Waals surface area contributed by atoms with E-state index in [0.717, 1.165) is 6.20 Å². The predicted molar refractivity (Wildman–Crippen MR) is 54.8 cm³/mol. The second kappa shape index (κ2) is 4.87. The molecule has 0 aromatic carbocycles. The van der Waals surface area contributed by atoms with Crippen molar-refractivity contribution >= 4 is 18.1 Å². The molecule has 3 N–H and O–H groups in total. The van der Waals surface area contributed by atoms with Gasteiger partial charge in [0.25, 0.3) is 0 Å². The second-order valence-corrected chi connectivity index (χ2v) is 2.84. The van der Waals surface area contributed by atoms with Crippen LogP contribution in [0.2, 0.25) is 0 Å². The van der Waals surface area contributed by atoms with E-state index in [1.807, 2.05) is 5.43 Å². The summed E-state index contributed by atoms with van der Waals surface area (Å²) in [7, 11) is 1.52. The minimum Gasteiger partial charge on any atom is -0.358 e. The van der Waals surface area contributed by atoms with E-state index in [1.54, 1.807) is 0 Å². The highest BCUT2D eigenvalue weighted by molar-refractivity contribution is 5.73. The zero-order chi connectivity index (χ0) is 12.1. The molecule has 0 saturated carbocycles. The molecular weight excluding hydrogens is 216 g/mol. The average Bonchev–Trinajstić information content (AvgIpc) is 2.54. The quantitative estimate of drug-likeness (QED) is 0.408. The summed E-state index contributed by atoms with van der Waals surface area (Å²) in [5.41, 5.74) is 6.77. The van der Waals surface area contributed by atoms with E-state index in [4.69, 9.17) is 5.73 Å². The molecule has 1 aromatic rings. The summed E-state index contributed by atoms with van der Waals surface area (Å²) < 4.78 is 1.33. The van der Waals surface area contributed by atoms with Gasteiger partial charge in [-0.25, -0.2) is 19.8 Å². The number of carbonyl (C=O) groups excluding carboxylic acids is 1. The van der Waals surface area contributed by atoms with Crippen LogP contribution in [0.15, 0.2) is 11.3 Å². The molecule has 0 spiro atoms. The molecule has 0 unspecified atom stereocenters. The van der Waals surface area contributed by atoms with Crippen molar-refractivity contribution in [3.05, 3.63) is 22.1 Å². The fraction of sp³-hybridized carbons (Fsp3) is 0.286. The minimum atomic E-state index is -0.776. The van der Waals surface area contributed by atoms with Gasteiger partial charge in [0.05, 0.1) is 13.5 Å². The maximum atomic E-state index is 10.5. The lowest BCUT2D eigenvalue weighted by Gasteiger charge is -1.95. The second-order valence-electron chi connectivity index (χ2n) is 2.84. The fourth-order valence-corrected chi connectivity index (χ4v) is 1.03. The van der Waals surface area contributed by atoms with Gasteiger partial charge in [-0.2, -0.15) is 5.10 Å². The molecule has 0 aliphatic rings. The third-order valence-corrected chi connectivity index (χ3v) is 1.79. The van der Waals surface area contributed by atoms with Crippen LogP contribution in [-0.2, 0) is 13.5 Å². The van der Waals surface area contributed by atoms with Crippen molar-refractivity contribution < 1.29 is 9.72 Å². The van der Waals surface area contributed by atoms with Crippen molar-refractivity contribution in [2.75, 3.05) is 0 Å². The Morgan fingerprint density at radius 3 is 3.06 bits per heavy atom. The summed E-state index contributed by atoms with van der Waals surface area (Å²) in [6.45, 7) is 0. The van der Waals surface area contributed by atoms with E-state index >= 15 is 0 Å². The summed E-state index contributed by atoms with van der Waals surface area (Å²) in [4.78, 5) is 24.1. The van der Waals surface area contributed by atoms with Gasteiger partial charge in [0.2, 0.25) is 5.82 Å². The number of urea groups is 1. The first kappa shape index (κ1) is 11.6. The van der Waals surface area contributed by atoms with Gasteiger partial charge in [-0.05, 0) is 4.92 Å². The molecule has 1 heterocycles. The van der Waals surface area contributed by atoms with E-state index < -0.39 is 11.0 Å². The molecular formula is C7H10N6O3. The molecule has 0 fully saturated rings. The molecule has 9 nitrogen and oxygen atoms in total. The lowest BCUT2D eigenvalue weighted by atomic mass is 10.4. The van der Waals surface area contributed by atoms with Crippen molar-refractivity contribution in [3.8, 4) is 0 Å². The number of nitro groups is 1. The predicted octanol–water partition coefficient (Wildman–Crippen LogP) is -0.475. The van der Waals surface area contributed by atoms with Gasteiger partial charge >= 0.3 is 11.8 Å². The molecule has 16 heavy (non-hydrogen) atoms. The normalized spacial score (nSPS) is 10.6. The van der Waals surface area contributed by atoms with Gasteiger partial charge in [0.1, 0.15) is 6.20 Å². The van der Waals surface area contributed by atoms with Crippen LogP contribution in [0.4, 0.5) is 10.6 Å². The van der Waals surface area contributed by atoms with Gasteiger partial charge in [0, 0.05) is 6.21 Å². The highest BCUT2D eigenvalue weighted by Crippen LogP contribution is 2.11. The van der Waals surface area contributed by atoms with Crippen molar-refractivity contribution in [1.29, 1.82) is 0 Å². The first-order valence-corrected chi connectivity index (χ1v) is 4.24. The largest absolute Gasteiger partial charge is 0.358 e. The third kappa shape index (κ3) is 2.77. The molecule has 0 aliphatic carbocycles. The smallest absolute Gasteiger partial charge is 0.342 e. The van der Waals surface area contributed by atoms with Crippen LogP contribution >= 0.6 is 0 Å². The summed E-state index contributed by atoms with van der Waals surface area (Å²) in [5.74, 6) is 0.355. The summed E-state index contributed by atoms with van der Waals surface area (Å²) >= 11 is 0. The van der Waals surface area contributed by atoms with E-state index in [1.165, 1.54) is 17.8 Å². The van der Waals surface area contributed by atoms with E-state index in [2.05, 4.69) is 10.1 Å². The number of imidazole rings is 1. The number of rotatable bonds is 4. The van der Waals surface area contributed by atoms with Crippen LogP contribution in [0.1, 0.15) is 5.82 Å². The number of nitrogens with zero attached hydrogens (tertiary/aromatic N) is 4. The third-order valence-electron chi connectivity index (χ3n) is 1.79. The number of aromatic nitrogens is 2. The Kier molecular flexibility index (Phi) is 3.53. The van der Waals surface area contributed by atoms with Gasteiger partial charge in [0.15, 0.2) is 0 Å². The number of nitrogens with one attached hydrogen (secondary N) is 1. The Hall–Kier alpha value is -2.45. The summed E-state index contributed by atoms with van der Waals surface area (Å²) in [6.07, 6.45) is 2.76. The lowest BCUT2D eigenvalue weighted by Crippen LogP contribution is -2.24. The molecule has 0 atom stereocenters. The Morgan fingerprint density at radius 2 is 2.56 bits per heavy atom. The number of carbonyl (C=O) groups is 1. The number of nitrogens with two attached hydrogens (primary N) is 1. The van der Waals surface area contributed by atoms with Crippen LogP contribution in [0.3, 0.4) is 0 Å². The zero-order valence-electron chi connectivity index (χ0n) is 8.45. The highest BCUT2D eigenvalue weighted by Gasteiger charge is 2.14. The molecule has 0 aliphatic heterocycles. The Morgan fingerprint density at radius 1 is 1.88 bits per heavy atom. The molecule has 9 heteroatoms. The average molecular weight is 226 g/mol. The van der Waals surface area contributed by atoms with Crippen LogP contribution < -0.4 is 11.2 Å². The molecule has 2 amide bonds. The molecule has 0 radical (unpaired) electrons. The molecule has 1 aromatic heterocycles. The van der Waals surface area contributed by atoms with Crippen molar-refractivity contribution in [3.63, 3.8) is 0 Å². The topological polar surface area (TPSA) is 128 Å². The van der Waals surface area contributed by atoms with Gasteiger partial charge in [-0.3, -0.25) is 0 Å². The number of amides is 2. The highest BCUT2D eigenvalue weighted by atomic mass is 16.6. The van der Waals surface area contributed by atoms with Crippen LogP contribution in [0.5, 0.6) is 0 Å². The maximum absolute atomic E-state index is 10.5. The number of hydrogen-bond donors (Lipinski definition) is 2. The number of hydrogen-bond acceptors (Lipinski definition) is 5. The maximum Gasteiger partial charge on any atom is 0.342 e. The van der Waals surface area contributed by atoms with E-state index in [9.17, 15) is 14.9 Å². The van der Waals surface area contributed by atoms with Crippen LogP contribution in [0.25, 0.3) is 0 Å². The van der Waals surface area contributed by atoms with Gasteiger partial charge in [-0.15, -0.1) is 0 Å². The minimum absolute atomic E-state index is 0.105. The Balaban J connectivity index is 2.65. The van der Waals surface area contributed by atoms with Gasteiger partial charge in [-0.1, -0.05) is 0 Å². The fourth-order valence-electron chi connectivity index (χ4n) is 1.03. The molecule has 0 saturated heterocycles. The zero-order valence-corrected chi connectivity index (χ0v) is 8.45. The Labute approximate surface area is 90.1 Å². The van der Waals surface area contributed by atoms with Crippen molar-refractivity contribution in [1.82, 2.24) is 15.0 Å². The monoisotopic (exact) mass is 226 g/mol.